The molecule has 1 atom stereocenters. The van der Waals surface area contributed by atoms with Crippen LogP contribution in [0.2, 0.25) is 0 Å². The monoisotopic (exact) mass is 375 g/mol. The molecule has 28 heavy (non-hydrogen) atoms. The van der Waals surface area contributed by atoms with Crippen molar-refractivity contribution in [1.82, 2.24) is 4.98 Å². The van der Waals surface area contributed by atoms with E-state index in [9.17, 15) is 9.59 Å². The van der Waals surface area contributed by atoms with E-state index in [0.717, 1.165) is 27.7 Å². The number of aromatic nitrogens is 1. The third-order valence-electron chi connectivity index (χ3n) is 5.02. The normalized spacial score (nSPS) is 15.5. The predicted molar refractivity (Wildman–Crippen MR) is 109 cm³/mol. The minimum atomic E-state index is -0.528. The molecular formula is C22H21N3O3. The van der Waals surface area contributed by atoms with E-state index in [2.05, 4.69) is 15.6 Å². The van der Waals surface area contributed by atoms with Crippen LogP contribution in [-0.4, -0.2) is 22.9 Å². The van der Waals surface area contributed by atoms with E-state index in [1.807, 2.05) is 38.1 Å². The van der Waals surface area contributed by atoms with Crippen molar-refractivity contribution in [3.05, 3.63) is 59.3 Å². The van der Waals surface area contributed by atoms with Gasteiger partial charge in [0, 0.05) is 16.8 Å². The van der Waals surface area contributed by atoms with Crippen LogP contribution in [0.5, 0.6) is 5.75 Å². The molecule has 4 rings (SSSR count). The Kier molecular flexibility index (Phi) is 4.47. The van der Waals surface area contributed by atoms with Gasteiger partial charge in [0.25, 0.3) is 5.91 Å². The topological polar surface area (TPSA) is 80.3 Å². The summed E-state index contributed by atoms with van der Waals surface area (Å²) in [5.74, 6) is 0.250. The molecule has 3 aromatic rings. The molecule has 0 aliphatic carbocycles. The van der Waals surface area contributed by atoms with Crippen LogP contribution < -0.4 is 15.4 Å². The van der Waals surface area contributed by atoms with Crippen molar-refractivity contribution in [2.75, 3.05) is 10.6 Å². The summed E-state index contributed by atoms with van der Waals surface area (Å²) in [7, 11) is 0. The van der Waals surface area contributed by atoms with Crippen molar-refractivity contribution >= 4 is 34.1 Å². The van der Waals surface area contributed by atoms with Crippen LogP contribution in [0.1, 0.15) is 23.7 Å². The van der Waals surface area contributed by atoms with Crippen LogP contribution in [-0.2, 0) is 16.0 Å². The van der Waals surface area contributed by atoms with Crippen LogP contribution in [0, 0.1) is 13.8 Å². The van der Waals surface area contributed by atoms with Gasteiger partial charge >= 0.3 is 0 Å². The van der Waals surface area contributed by atoms with E-state index in [1.165, 1.54) is 0 Å². The second-order valence-corrected chi connectivity index (χ2v) is 7.00. The summed E-state index contributed by atoms with van der Waals surface area (Å²) in [6.07, 6.45) is -0.300. The Hall–Kier alpha value is -3.41. The van der Waals surface area contributed by atoms with Gasteiger partial charge in [0.2, 0.25) is 5.91 Å². The summed E-state index contributed by atoms with van der Waals surface area (Å²) in [6, 6.07) is 13.1. The lowest BCUT2D eigenvalue weighted by Crippen LogP contribution is -2.34. The number of pyridine rings is 1. The fourth-order valence-corrected chi connectivity index (χ4v) is 3.48. The van der Waals surface area contributed by atoms with Crippen LogP contribution >= 0.6 is 0 Å². The number of anilines is 2. The summed E-state index contributed by atoms with van der Waals surface area (Å²) >= 11 is 0. The van der Waals surface area contributed by atoms with Crippen LogP contribution in [0.15, 0.2) is 42.5 Å². The number of aryl methyl sites for hydroxylation is 2. The van der Waals surface area contributed by atoms with Crippen LogP contribution in [0.25, 0.3) is 10.9 Å². The third kappa shape index (κ3) is 3.29. The number of hydrogen-bond acceptors (Lipinski definition) is 4. The first-order chi connectivity index (χ1) is 13.4. The average Bonchev–Trinajstić information content (AvgIpc) is 2.66. The number of rotatable bonds is 3. The van der Waals surface area contributed by atoms with Gasteiger partial charge in [0.1, 0.15) is 5.75 Å². The fraction of sp³-hybridized carbons (Fsp3) is 0.227. The molecule has 1 aliphatic rings. The zero-order valence-electron chi connectivity index (χ0n) is 16.0. The molecule has 0 bridgehead atoms. The minimum Gasteiger partial charge on any atom is -0.479 e. The number of nitrogens with one attached hydrogen (secondary N) is 2. The van der Waals surface area contributed by atoms with E-state index >= 15 is 0 Å². The number of carbonyl (C=O) groups excluding carboxylic acids is 2. The fourth-order valence-electron chi connectivity index (χ4n) is 3.48. The first-order valence-electron chi connectivity index (χ1n) is 9.18. The molecule has 0 fully saturated rings. The molecule has 6 nitrogen and oxygen atoms in total. The van der Waals surface area contributed by atoms with E-state index in [1.54, 1.807) is 25.1 Å². The van der Waals surface area contributed by atoms with Crippen LogP contribution in [0.4, 0.5) is 11.4 Å². The Balaban J connectivity index is 1.55. The number of fused-ring (bicyclic) bond motifs is 2. The lowest BCUT2D eigenvalue weighted by atomic mass is 9.99. The van der Waals surface area contributed by atoms with Crippen molar-refractivity contribution in [3.8, 4) is 5.75 Å². The molecule has 1 aromatic heterocycles. The number of amides is 2. The van der Waals surface area contributed by atoms with Gasteiger partial charge in [-0.05, 0) is 56.2 Å². The Bertz CT molecular complexity index is 1110. The summed E-state index contributed by atoms with van der Waals surface area (Å²) in [5, 5.41) is 6.74. The van der Waals surface area contributed by atoms with Gasteiger partial charge in [0.05, 0.1) is 17.6 Å². The number of carbonyl (C=O) groups is 2. The maximum absolute atomic E-state index is 12.6. The predicted octanol–water partition coefficient (Wildman–Crippen LogP) is 3.75. The Labute approximate surface area is 162 Å². The number of nitrogens with zero attached hydrogens (tertiary/aromatic N) is 1. The maximum Gasteiger partial charge on any atom is 0.265 e. The first-order valence-corrected chi connectivity index (χ1v) is 9.18. The number of hydrogen-bond donors (Lipinski definition) is 2. The molecule has 0 saturated heterocycles. The Morgan fingerprint density at radius 3 is 2.82 bits per heavy atom. The summed E-state index contributed by atoms with van der Waals surface area (Å²) in [5.41, 5.74) is 4.94. The number of para-hydroxylation sites is 1. The molecule has 142 valence electrons. The lowest BCUT2D eigenvalue weighted by Gasteiger charge is -2.23. The molecule has 0 spiro atoms. The molecule has 0 radical (unpaired) electrons. The largest absolute Gasteiger partial charge is 0.479 e. The summed E-state index contributed by atoms with van der Waals surface area (Å²) in [4.78, 5) is 29.1. The quantitative estimate of drug-likeness (QED) is 0.731. The molecule has 2 heterocycles. The highest BCUT2D eigenvalue weighted by Gasteiger charge is 2.23. The van der Waals surface area contributed by atoms with Gasteiger partial charge in [-0.3, -0.25) is 14.6 Å². The van der Waals surface area contributed by atoms with Crippen LogP contribution in [0.3, 0.4) is 0 Å². The molecule has 1 aliphatic heterocycles. The average molecular weight is 375 g/mol. The molecule has 2 amide bonds. The lowest BCUT2D eigenvalue weighted by molar-refractivity contribution is -0.122. The summed E-state index contributed by atoms with van der Waals surface area (Å²) in [6.45, 7) is 5.64. The highest BCUT2D eigenvalue weighted by atomic mass is 16.5. The van der Waals surface area contributed by atoms with E-state index in [-0.39, 0.29) is 18.2 Å². The van der Waals surface area contributed by atoms with Gasteiger partial charge in [-0.25, -0.2) is 0 Å². The Morgan fingerprint density at radius 1 is 1.21 bits per heavy atom. The maximum atomic E-state index is 12.6. The van der Waals surface area contributed by atoms with Crippen molar-refractivity contribution in [3.63, 3.8) is 0 Å². The third-order valence-corrected chi connectivity index (χ3v) is 5.02. The first kappa shape index (κ1) is 18.0. The van der Waals surface area contributed by atoms with E-state index < -0.39 is 6.10 Å². The zero-order chi connectivity index (χ0) is 19.8. The van der Waals surface area contributed by atoms with E-state index in [4.69, 9.17) is 4.74 Å². The number of ether oxygens (including phenoxy) is 1. The van der Waals surface area contributed by atoms with Gasteiger partial charge in [-0.2, -0.15) is 0 Å². The van der Waals surface area contributed by atoms with Gasteiger partial charge in [-0.1, -0.05) is 18.2 Å². The smallest absolute Gasteiger partial charge is 0.265 e. The molecule has 6 heteroatoms. The molecule has 0 unspecified atom stereocenters. The van der Waals surface area contributed by atoms with Gasteiger partial charge in [0.15, 0.2) is 6.10 Å². The molecule has 0 saturated carbocycles. The van der Waals surface area contributed by atoms with Crippen molar-refractivity contribution in [1.29, 1.82) is 0 Å². The summed E-state index contributed by atoms with van der Waals surface area (Å²) < 4.78 is 5.54. The highest BCUT2D eigenvalue weighted by molar-refractivity contribution is 5.99. The second kappa shape index (κ2) is 6.96. The SMILES string of the molecule is Cc1nc2ccccc2c(C)c1CC(=O)Nc1ccc2c(c1)NC(=O)[C@H](C)O2. The van der Waals surface area contributed by atoms with E-state index in [0.29, 0.717) is 17.1 Å². The minimum absolute atomic E-state index is 0.139. The highest BCUT2D eigenvalue weighted by Crippen LogP contribution is 2.32. The van der Waals surface area contributed by atoms with Gasteiger partial charge < -0.3 is 15.4 Å². The zero-order valence-corrected chi connectivity index (χ0v) is 16.0. The standard InChI is InChI=1S/C22H21N3O3/c1-12-16-6-4-5-7-18(16)23-13(2)17(12)11-21(26)24-15-8-9-20-19(10-15)25-22(27)14(3)28-20/h4-10,14H,11H2,1-3H3,(H,24,26)(H,25,27)/t14-/m0/s1. The second-order valence-electron chi connectivity index (χ2n) is 7.00. The molecular weight excluding hydrogens is 354 g/mol. The van der Waals surface area contributed by atoms with Crippen molar-refractivity contribution < 1.29 is 14.3 Å². The van der Waals surface area contributed by atoms with Crippen molar-refractivity contribution in [2.45, 2.75) is 33.3 Å². The Morgan fingerprint density at radius 2 is 2.00 bits per heavy atom. The molecule has 2 N–H and O–H groups in total. The molecule has 2 aromatic carbocycles. The van der Waals surface area contributed by atoms with Gasteiger partial charge in [-0.15, -0.1) is 0 Å². The van der Waals surface area contributed by atoms with Crippen molar-refractivity contribution in [2.24, 2.45) is 0 Å². The number of benzene rings is 2.